The first-order valence-electron chi connectivity index (χ1n) is 7.38. The molecule has 0 aromatic carbocycles. The highest BCUT2D eigenvalue weighted by atomic mass is 16.6. The van der Waals surface area contributed by atoms with Gasteiger partial charge >= 0.3 is 12.1 Å². The number of amides is 1. The van der Waals surface area contributed by atoms with E-state index in [4.69, 9.17) is 9.84 Å². The molecule has 1 aliphatic rings. The van der Waals surface area contributed by atoms with Gasteiger partial charge in [0.15, 0.2) is 0 Å². The summed E-state index contributed by atoms with van der Waals surface area (Å²) in [4.78, 5) is 22.8. The largest absolute Gasteiger partial charge is 0.481 e. The Hall–Kier alpha value is -1.26. The zero-order valence-corrected chi connectivity index (χ0v) is 12.9. The van der Waals surface area contributed by atoms with Crippen LogP contribution in [0.15, 0.2) is 0 Å². The van der Waals surface area contributed by atoms with E-state index in [0.29, 0.717) is 5.92 Å². The third kappa shape index (κ3) is 6.26. The van der Waals surface area contributed by atoms with Gasteiger partial charge in [-0.05, 0) is 45.4 Å². The first-order chi connectivity index (χ1) is 9.17. The maximum atomic E-state index is 11.8. The molecule has 1 atom stereocenters. The summed E-state index contributed by atoms with van der Waals surface area (Å²) in [6.45, 7) is 7.59. The first-order valence-corrected chi connectivity index (χ1v) is 7.38. The SMILES string of the molecule is CC1CCC(C(CC(=O)O)NC(=O)OC(C)(C)C)CC1. The highest BCUT2D eigenvalue weighted by Gasteiger charge is 2.30. The summed E-state index contributed by atoms with van der Waals surface area (Å²) in [6, 6.07) is -0.338. The molecule has 116 valence electrons. The summed E-state index contributed by atoms with van der Waals surface area (Å²) < 4.78 is 5.22. The molecular weight excluding hydrogens is 258 g/mol. The van der Waals surface area contributed by atoms with Gasteiger partial charge in [-0.1, -0.05) is 19.8 Å². The summed E-state index contributed by atoms with van der Waals surface area (Å²) in [5, 5.41) is 11.8. The number of alkyl carbamates (subject to hydrolysis) is 1. The Kier molecular flexibility index (Phi) is 5.84. The molecule has 0 aliphatic heterocycles. The average Bonchev–Trinajstić information content (AvgIpc) is 2.25. The second-order valence-electron chi connectivity index (χ2n) is 6.87. The molecule has 1 aliphatic carbocycles. The van der Waals surface area contributed by atoms with Crippen molar-refractivity contribution in [2.24, 2.45) is 11.8 Å². The fraction of sp³-hybridized carbons (Fsp3) is 0.867. The van der Waals surface area contributed by atoms with Crippen LogP contribution in [0.2, 0.25) is 0 Å². The Morgan fingerprint density at radius 1 is 1.25 bits per heavy atom. The van der Waals surface area contributed by atoms with E-state index in [-0.39, 0.29) is 18.4 Å². The number of carboxylic acid groups (broad SMARTS) is 1. The molecule has 0 radical (unpaired) electrons. The van der Waals surface area contributed by atoms with E-state index in [9.17, 15) is 9.59 Å². The molecule has 0 saturated heterocycles. The summed E-state index contributed by atoms with van der Waals surface area (Å²) in [5.74, 6) is 0.0396. The normalized spacial score (nSPS) is 24.8. The number of carbonyl (C=O) groups excluding carboxylic acids is 1. The number of nitrogens with one attached hydrogen (secondary N) is 1. The third-order valence-corrected chi connectivity index (χ3v) is 3.73. The van der Waals surface area contributed by atoms with E-state index < -0.39 is 17.7 Å². The van der Waals surface area contributed by atoms with E-state index in [0.717, 1.165) is 25.7 Å². The molecule has 2 N–H and O–H groups in total. The van der Waals surface area contributed by atoms with Crippen LogP contribution < -0.4 is 5.32 Å². The van der Waals surface area contributed by atoms with Crippen LogP contribution in [0.5, 0.6) is 0 Å². The number of carbonyl (C=O) groups is 2. The van der Waals surface area contributed by atoms with Crippen molar-refractivity contribution in [2.45, 2.75) is 71.4 Å². The van der Waals surface area contributed by atoms with Crippen LogP contribution in [0, 0.1) is 11.8 Å². The minimum absolute atomic E-state index is 0.0434. The fourth-order valence-corrected chi connectivity index (χ4v) is 2.67. The van der Waals surface area contributed by atoms with Gasteiger partial charge < -0.3 is 15.2 Å². The van der Waals surface area contributed by atoms with Gasteiger partial charge in [-0.2, -0.15) is 0 Å². The van der Waals surface area contributed by atoms with Gasteiger partial charge in [0.2, 0.25) is 0 Å². The smallest absolute Gasteiger partial charge is 0.407 e. The van der Waals surface area contributed by atoms with Crippen molar-refractivity contribution >= 4 is 12.1 Å². The van der Waals surface area contributed by atoms with Crippen molar-refractivity contribution < 1.29 is 19.4 Å². The van der Waals surface area contributed by atoms with Crippen molar-refractivity contribution in [2.75, 3.05) is 0 Å². The molecule has 0 aromatic heterocycles. The zero-order chi connectivity index (χ0) is 15.3. The van der Waals surface area contributed by atoms with Crippen molar-refractivity contribution in [3.05, 3.63) is 0 Å². The molecule has 0 heterocycles. The summed E-state index contributed by atoms with van der Waals surface area (Å²) >= 11 is 0. The number of ether oxygens (including phenoxy) is 1. The Morgan fingerprint density at radius 2 is 1.80 bits per heavy atom. The van der Waals surface area contributed by atoms with Crippen molar-refractivity contribution in [1.29, 1.82) is 0 Å². The maximum absolute atomic E-state index is 11.8. The molecule has 1 rings (SSSR count). The molecule has 0 bridgehead atoms. The Balaban J connectivity index is 2.60. The molecule has 20 heavy (non-hydrogen) atoms. The average molecular weight is 285 g/mol. The molecule has 1 unspecified atom stereocenters. The van der Waals surface area contributed by atoms with Crippen molar-refractivity contribution in [1.82, 2.24) is 5.32 Å². The number of aliphatic carboxylic acids is 1. The fourth-order valence-electron chi connectivity index (χ4n) is 2.67. The highest BCUT2D eigenvalue weighted by Crippen LogP contribution is 2.31. The van der Waals surface area contributed by atoms with Crippen LogP contribution >= 0.6 is 0 Å². The Morgan fingerprint density at radius 3 is 2.25 bits per heavy atom. The van der Waals surface area contributed by atoms with Crippen LogP contribution in [0.3, 0.4) is 0 Å². The monoisotopic (exact) mass is 285 g/mol. The summed E-state index contributed by atoms with van der Waals surface area (Å²) in [7, 11) is 0. The van der Waals surface area contributed by atoms with Gasteiger partial charge in [0.05, 0.1) is 6.42 Å². The Bertz CT molecular complexity index is 340. The van der Waals surface area contributed by atoms with Gasteiger partial charge in [0, 0.05) is 6.04 Å². The lowest BCUT2D eigenvalue weighted by atomic mass is 9.78. The molecule has 5 heteroatoms. The van der Waals surface area contributed by atoms with E-state index in [1.807, 2.05) is 0 Å². The predicted molar refractivity (Wildman–Crippen MR) is 76.5 cm³/mol. The van der Waals surface area contributed by atoms with Gasteiger partial charge in [0.25, 0.3) is 0 Å². The van der Waals surface area contributed by atoms with Crippen molar-refractivity contribution in [3.8, 4) is 0 Å². The number of hydrogen-bond donors (Lipinski definition) is 2. The minimum Gasteiger partial charge on any atom is -0.481 e. The topological polar surface area (TPSA) is 75.6 Å². The van der Waals surface area contributed by atoms with Crippen LogP contribution in [0.4, 0.5) is 4.79 Å². The lowest BCUT2D eigenvalue weighted by molar-refractivity contribution is -0.137. The van der Waals surface area contributed by atoms with Crippen LogP contribution in [0.25, 0.3) is 0 Å². The van der Waals surface area contributed by atoms with Crippen LogP contribution in [-0.4, -0.2) is 28.8 Å². The highest BCUT2D eigenvalue weighted by molar-refractivity contribution is 5.71. The van der Waals surface area contributed by atoms with Gasteiger partial charge in [-0.25, -0.2) is 4.79 Å². The van der Waals surface area contributed by atoms with E-state index >= 15 is 0 Å². The molecule has 1 fully saturated rings. The number of carboxylic acids is 1. The van der Waals surface area contributed by atoms with Gasteiger partial charge in [-0.15, -0.1) is 0 Å². The van der Waals surface area contributed by atoms with E-state index in [2.05, 4.69) is 12.2 Å². The molecule has 1 saturated carbocycles. The van der Waals surface area contributed by atoms with E-state index in [1.165, 1.54) is 0 Å². The second kappa shape index (κ2) is 6.95. The van der Waals surface area contributed by atoms with Crippen LogP contribution in [0.1, 0.15) is 59.8 Å². The number of hydrogen-bond acceptors (Lipinski definition) is 3. The lowest BCUT2D eigenvalue weighted by Gasteiger charge is -2.33. The molecule has 0 aromatic rings. The third-order valence-electron chi connectivity index (χ3n) is 3.73. The molecule has 5 nitrogen and oxygen atoms in total. The molecule has 0 spiro atoms. The predicted octanol–water partition coefficient (Wildman–Crippen LogP) is 3.18. The van der Waals surface area contributed by atoms with Gasteiger partial charge in [0.1, 0.15) is 5.60 Å². The lowest BCUT2D eigenvalue weighted by Crippen LogP contribution is -2.45. The minimum atomic E-state index is -0.885. The van der Waals surface area contributed by atoms with Gasteiger partial charge in [-0.3, -0.25) is 4.79 Å². The maximum Gasteiger partial charge on any atom is 0.407 e. The summed E-state index contributed by atoms with van der Waals surface area (Å²) in [5.41, 5.74) is -0.571. The zero-order valence-electron chi connectivity index (χ0n) is 12.9. The van der Waals surface area contributed by atoms with Crippen LogP contribution in [-0.2, 0) is 9.53 Å². The second-order valence-corrected chi connectivity index (χ2v) is 6.87. The Labute approximate surface area is 121 Å². The van der Waals surface area contributed by atoms with Crippen molar-refractivity contribution in [3.63, 3.8) is 0 Å². The quantitative estimate of drug-likeness (QED) is 0.831. The number of rotatable bonds is 4. The summed E-state index contributed by atoms with van der Waals surface area (Å²) in [6.07, 6.45) is 3.55. The molecule has 1 amide bonds. The van der Waals surface area contributed by atoms with E-state index in [1.54, 1.807) is 20.8 Å². The standard InChI is InChI=1S/C15H27NO4/c1-10-5-7-11(8-6-10)12(9-13(17)18)16-14(19)20-15(2,3)4/h10-12H,5-9H2,1-4H3,(H,16,19)(H,17,18). The molecular formula is C15H27NO4. The first kappa shape index (κ1) is 16.8.